The summed E-state index contributed by atoms with van der Waals surface area (Å²) in [4.78, 5) is 73.9. The van der Waals surface area contributed by atoms with Crippen LogP contribution in [0.2, 0.25) is 0 Å². The Morgan fingerprint density at radius 2 is 0.862 bits per heavy atom. The van der Waals surface area contributed by atoms with Gasteiger partial charge in [-0.2, -0.15) is 0 Å². The molecule has 0 aliphatic rings. The highest BCUT2D eigenvalue weighted by Crippen LogP contribution is 2.08. The van der Waals surface area contributed by atoms with Gasteiger partial charge >= 0.3 is 0 Å². The summed E-state index contributed by atoms with van der Waals surface area (Å²) < 4.78 is 0. The predicted molar refractivity (Wildman–Crippen MR) is 241 cm³/mol. The highest BCUT2D eigenvalue weighted by Gasteiger charge is 2.20. The number of carbonyl (C=O) groups excluding carboxylic acids is 5. The molecule has 0 atom stereocenters. The van der Waals surface area contributed by atoms with E-state index in [9.17, 15) is 24.0 Å². The van der Waals surface area contributed by atoms with E-state index in [0.717, 1.165) is 77.7 Å². The van der Waals surface area contributed by atoms with Gasteiger partial charge in [0.2, 0.25) is 29.5 Å². The molecule has 0 spiro atoms. The summed E-state index contributed by atoms with van der Waals surface area (Å²) in [5.74, 6) is 1.05. The zero-order valence-corrected chi connectivity index (χ0v) is 38.9. The van der Waals surface area contributed by atoms with E-state index in [4.69, 9.17) is 5.73 Å². The second-order valence-corrected chi connectivity index (χ2v) is 15.4. The number of rotatable bonds is 37. The van der Waals surface area contributed by atoms with E-state index in [0.29, 0.717) is 117 Å². The number of hydrogen-bond acceptors (Lipinski definition) is 9. The fourth-order valence-electron chi connectivity index (χ4n) is 6.40. The van der Waals surface area contributed by atoms with Gasteiger partial charge in [0.05, 0.1) is 0 Å². The molecule has 0 aliphatic heterocycles. The van der Waals surface area contributed by atoms with Crippen molar-refractivity contribution in [2.45, 2.75) is 139 Å². The molecule has 0 bridgehead atoms. The lowest BCUT2D eigenvalue weighted by atomic mass is 10.1. The van der Waals surface area contributed by atoms with Gasteiger partial charge in [-0.3, -0.25) is 33.8 Å². The van der Waals surface area contributed by atoms with E-state index in [2.05, 4.69) is 39.6 Å². The minimum atomic E-state index is -0.000494. The summed E-state index contributed by atoms with van der Waals surface area (Å²) in [6.45, 7) is 28.9. The van der Waals surface area contributed by atoms with Gasteiger partial charge in [-0.1, -0.05) is 62.3 Å². The number of nitrogens with one attached hydrogen (secondary N) is 3. The SMILES string of the molecule is CC.CCCC(=O)NCCNCCN(CCN(CCN(CCN)C(=O)CCC)CCN(CCNC(=O)CCC)C(=O)CCC)CCN(CCCC(C)C)C(=O)CCC. The molecule has 342 valence electrons. The van der Waals surface area contributed by atoms with Crippen LogP contribution < -0.4 is 21.7 Å². The van der Waals surface area contributed by atoms with Gasteiger partial charge in [0, 0.05) is 143 Å². The van der Waals surface area contributed by atoms with Crippen LogP contribution in [0.5, 0.6) is 0 Å². The van der Waals surface area contributed by atoms with Crippen molar-refractivity contribution in [1.29, 1.82) is 0 Å². The van der Waals surface area contributed by atoms with Gasteiger partial charge in [0.1, 0.15) is 0 Å². The molecule has 0 fully saturated rings. The Bertz CT molecular complexity index is 1050. The molecule has 0 unspecified atom stereocenters. The van der Waals surface area contributed by atoms with Crippen LogP contribution in [0.4, 0.5) is 0 Å². The number of carbonyl (C=O) groups is 5. The first kappa shape index (κ1) is 57.3. The third-order valence-corrected chi connectivity index (χ3v) is 9.74. The zero-order chi connectivity index (χ0) is 44.0. The minimum Gasteiger partial charge on any atom is -0.355 e. The fraction of sp³-hybridized carbons (Fsp3) is 0.886. The van der Waals surface area contributed by atoms with Gasteiger partial charge < -0.3 is 36.4 Å². The van der Waals surface area contributed by atoms with Crippen LogP contribution >= 0.6 is 0 Å². The summed E-state index contributed by atoms with van der Waals surface area (Å²) in [5, 5.41) is 9.39. The van der Waals surface area contributed by atoms with Crippen molar-refractivity contribution in [3.8, 4) is 0 Å². The van der Waals surface area contributed by atoms with Crippen LogP contribution in [-0.4, -0.2) is 165 Å². The maximum atomic E-state index is 13.2. The first-order chi connectivity index (χ1) is 27.9. The zero-order valence-electron chi connectivity index (χ0n) is 38.9. The van der Waals surface area contributed by atoms with Crippen molar-refractivity contribution in [2.75, 3.05) is 111 Å². The van der Waals surface area contributed by atoms with Crippen LogP contribution in [0.25, 0.3) is 0 Å². The minimum absolute atomic E-state index is 0.000494. The Kier molecular flexibility index (Phi) is 39.2. The maximum Gasteiger partial charge on any atom is 0.222 e. The Hall–Kier alpha value is -2.81. The van der Waals surface area contributed by atoms with Crippen molar-refractivity contribution in [3.63, 3.8) is 0 Å². The summed E-state index contributed by atoms with van der Waals surface area (Å²) >= 11 is 0. The van der Waals surface area contributed by atoms with Crippen molar-refractivity contribution in [3.05, 3.63) is 0 Å². The molecule has 0 radical (unpaired) electrons. The Morgan fingerprint density at radius 1 is 0.466 bits per heavy atom. The average Bonchev–Trinajstić information content (AvgIpc) is 3.19. The lowest BCUT2D eigenvalue weighted by molar-refractivity contribution is -0.132. The number of nitrogens with two attached hydrogens (primary N) is 1. The van der Waals surface area contributed by atoms with E-state index < -0.39 is 0 Å². The van der Waals surface area contributed by atoms with Gasteiger partial charge in [0.15, 0.2) is 0 Å². The molecule has 14 nitrogen and oxygen atoms in total. The topological polar surface area (TPSA) is 164 Å². The van der Waals surface area contributed by atoms with Gasteiger partial charge in [-0.25, -0.2) is 0 Å². The molecule has 14 heteroatoms. The monoisotopic (exact) mass is 826 g/mol. The van der Waals surface area contributed by atoms with E-state index in [-0.39, 0.29) is 29.5 Å². The molecule has 0 rings (SSSR count). The van der Waals surface area contributed by atoms with Gasteiger partial charge in [-0.15, -0.1) is 0 Å². The Balaban J connectivity index is 0. The predicted octanol–water partition coefficient (Wildman–Crippen LogP) is 4.32. The highest BCUT2D eigenvalue weighted by molar-refractivity contribution is 5.78. The molecule has 0 saturated heterocycles. The smallest absolute Gasteiger partial charge is 0.222 e. The Labute approximate surface area is 355 Å². The lowest BCUT2D eigenvalue weighted by Gasteiger charge is -2.33. The van der Waals surface area contributed by atoms with Crippen LogP contribution in [0.3, 0.4) is 0 Å². The molecule has 0 aromatic carbocycles. The molecule has 5 amide bonds. The van der Waals surface area contributed by atoms with Crippen LogP contribution in [-0.2, 0) is 24.0 Å². The van der Waals surface area contributed by atoms with Crippen molar-refractivity contribution < 1.29 is 24.0 Å². The highest BCUT2D eigenvalue weighted by atomic mass is 16.2. The molecule has 0 aliphatic carbocycles. The van der Waals surface area contributed by atoms with Crippen molar-refractivity contribution in [1.82, 2.24) is 40.4 Å². The van der Waals surface area contributed by atoms with Crippen LogP contribution in [0.15, 0.2) is 0 Å². The molecule has 0 aromatic rings. The third-order valence-electron chi connectivity index (χ3n) is 9.74. The standard InChI is InChI=1S/C42H85N9O5.C2H6/c1-8-14-38(52)45-22-21-44-23-27-47(31-34-49(40(54)16-10-3)25-13-19-37(6)7)29-30-48(32-35-50(26-20-43)41(55)17-11-4)33-36-51(42(56)18-12-5)28-24-46-39(53)15-9-2;1-2/h37,44H,8-36,43H2,1-7H3,(H,45,52)(H,46,53);1-2H3. The van der Waals surface area contributed by atoms with Crippen LogP contribution in [0.1, 0.15) is 139 Å². The van der Waals surface area contributed by atoms with E-state index in [1.165, 1.54) is 0 Å². The molecule has 0 heterocycles. The number of hydrogen-bond donors (Lipinski definition) is 4. The summed E-state index contributed by atoms with van der Waals surface area (Å²) in [6.07, 6.45) is 8.49. The summed E-state index contributed by atoms with van der Waals surface area (Å²) in [6, 6.07) is 0. The van der Waals surface area contributed by atoms with Crippen LogP contribution in [0, 0.1) is 5.92 Å². The first-order valence-electron chi connectivity index (χ1n) is 23.2. The van der Waals surface area contributed by atoms with Crippen molar-refractivity contribution >= 4 is 29.5 Å². The molecular formula is C44H91N9O5. The van der Waals surface area contributed by atoms with Gasteiger partial charge in [0.25, 0.3) is 0 Å². The van der Waals surface area contributed by atoms with Gasteiger partial charge in [-0.05, 0) is 50.9 Å². The first-order valence-corrected chi connectivity index (χ1v) is 23.2. The molecule has 0 aromatic heterocycles. The van der Waals surface area contributed by atoms with E-state index in [1.54, 1.807) is 0 Å². The second-order valence-electron chi connectivity index (χ2n) is 15.4. The normalized spacial score (nSPS) is 11.1. The lowest BCUT2D eigenvalue weighted by Crippen LogP contribution is -2.48. The van der Waals surface area contributed by atoms with Crippen molar-refractivity contribution in [2.24, 2.45) is 11.7 Å². The second kappa shape index (κ2) is 39.6. The average molecular weight is 826 g/mol. The number of amides is 5. The fourth-order valence-corrected chi connectivity index (χ4v) is 6.40. The maximum absolute atomic E-state index is 13.2. The number of nitrogens with zero attached hydrogens (tertiary/aromatic N) is 5. The molecule has 58 heavy (non-hydrogen) atoms. The third kappa shape index (κ3) is 31.2. The molecule has 5 N–H and O–H groups in total. The summed E-state index contributed by atoms with van der Waals surface area (Å²) in [5.41, 5.74) is 5.92. The summed E-state index contributed by atoms with van der Waals surface area (Å²) in [7, 11) is 0. The van der Waals surface area contributed by atoms with E-state index in [1.807, 2.05) is 63.2 Å². The molecular weight excluding hydrogens is 735 g/mol. The quantitative estimate of drug-likeness (QED) is 0.0669. The Morgan fingerprint density at radius 3 is 1.29 bits per heavy atom. The molecule has 0 saturated carbocycles. The largest absolute Gasteiger partial charge is 0.355 e. The van der Waals surface area contributed by atoms with E-state index >= 15 is 0 Å².